The molecule has 1 aromatic heterocycles. The molecule has 0 unspecified atom stereocenters. The van der Waals surface area contributed by atoms with Gasteiger partial charge in [0.05, 0.1) is 7.11 Å². The molecule has 8 nitrogen and oxygen atoms in total. The molecule has 1 heterocycles. The average Bonchev–Trinajstić information content (AvgIpc) is 3.25. The second-order valence-corrected chi connectivity index (χ2v) is 8.52. The predicted molar refractivity (Wildman–Crippen MR) is 127 cm³/mol. The molecule has 3 N–H and O–H groups in total. The molecule has 0 spiro atoms. The summed E-state index contributed by atoms with van der Waals surface area (Å²) in [5.41, 5.74) is 1.37. The van der Waals surface area contributed by atoms with Gasteiger partial charge in [0.2, 0.25) is 11.0 Å². The molecule has 3 aromatic rings. The number of carbonyl (C=O) groups is 2. The van der Waals surface area contributed by atoms with E-state index in [1.54, 1.807) is 43.5 Å². The Labute approximate surface area is 195 Å². The largest absolute Gasteiger partial charge is 0.497 e. The molecule has 0 saturated carbocycles. The van der Waals surface area contributed by atoms with Gasteiger partial charge in [-0.05, 0) is 30.2 Å². The predicted octanol–water partition coefficient (Wildman–Crippen LogP) is 5.04. The van der Waals surface area contributed by atoms with E-state index < -0.39 is 12.1 Å². The number of carbonyl (C=O) groups excluding carboxylic acids is 2. The van der Waals surface area contributed by atoms with E-state index in [1.807, 2.05) is 26.0 Å². The summed E-state index contributed by atoms with van der Waals surface area (Å²) in [4.78, 5) is 25.5. The van der Waals surface area contributed by atoms with Crippen LogP contribution in [0.4, 0.5) is 15.6 Å². The van der Waals surface area contributed by atoms with Gasteiger partial charge in [-0.25, -0.2) is 4.79 Å². The Morgan fingerprint density at radius 3 is 2.62 bits per heavy atom. The highest BCUT2D eigenvalue weighted by Crippen LogP contribution is 2.28. The molecule has 0 radical (unpaired) electrons. The van der Waals surface area contributed by atoms with Gasteiger partial charge in [0.15, 0.2) is 0 Å². The fraction of sp³-hybridized carbons (Fsp3) is 0.273. The summed E-state index contributed by atoms with van der Waals surface area (Å²) in [6.07, 6.45) is 0.696. The van der Waals surface area contributed by atoms with E-state index in [0.29, 0.717) is 33.0 Å². The fourth-order valence-corrected chi connectivity index (χ4v) is 3.84. The van der Waals surface area contributed by atoms with Gasteiger partial charge in [-0.1, -0.05) is 61.4 Å². The lowest BCUT2D eigenvalue weighted by atomic mass is 9.98. The van der Waals surface area contributed by atoms with Gasteiger partial charge in [-0.3, -0.25) is 10.1 Å². The zero-order valence-corrected chi connectivity index (χ0v) is 19.5. The van der Waals surface area contributed by atoms with Crippen LogP contribution in [0.5, 0.6) is 5.75 Å². The van der Waals surface area contributed by atoms with Crippen molar-refractivity contribution in [3.05, 3.63) is 53.6 Å². The van der Waals surface area contributed by atoms with Crippen molar-refractivity contribution in [1.82, 2.24) is 15.5 Å². The first-order valence-electron chi connectivity index (χ1n) is 10.0. The summed E-state index contributed by atoms with van der Waals surface area (Å²) in [5, 5.41) is 18.0. The first-order chi connectivity index (χ1) is 15.4. The normalized spacial score (nSPS) is 12.5. The van der Waals surface area contributed by atoms with E-state index in [4.69, 9.17) is 16.3 Å². The van der Waals surface area contributed by atoms with Crippen LogP contribution in [-0.2, 0) is 4.79 Å². The van der Waals surface area contributed by atoms with Crippen molar-refractivity contribution >= 4 is 45.7 Å². The minimum Gasteiger partial charge on any atom is -0.497 e. The number of nitrogens with one attached hydrogen (secondary N) is 3. The standard InChI is InChI=1S/C22H24ClN5O3S/c1-4-13(2)18(25-21(30)24-16-9-6-10-17(12-16)31-3)19(29)26-22-28-27-20(32-22)14-7-5-8-15(23)11-14/h5-13,18H,4H2,1-3H3,(H2,24,25,30)(H,26,28,29)/t13-,18-/m0/s1. The minimum absolute atomic E-state index is 0.105. The van der Waals surface area contributed by atoms with E-state index in [2.05, 4.69) is 26.1 Å². The lowest BCUT2D eigenvalue weighted by Crippen LogP contribution is -2.49. The molecule has 0 fully saturated rings. The molecule has 168 valence electrons. The number of hydrogen-bond donors (Lipinski definition) is 3. The molecule has 0 aliphatic rings. The Hall–Kier alpha value is -3.17. The van der Waals surface area contributed by atoms with Gasteiger partial charge >= 0.3 is 6.03 Å². The fourth-order valence-electron chi connectivity index (χ4n) is 2.91. The van der Waals surface area contributed by atoms with Crippen molar-refractivity contribution in [2.45, 2.75) is 26.3 Å². The maximum atomic E-state index is 12.9. The molecule has 0 bridgehead atoms. The third-order valence-corrected chi connectivity index (χ3v) is 5.96. The number of urea groups is 1. The number of benzene rings is 2. The highest BCUT2D eigenvalue weighted by atomic mass is 35.5. The van der Waals surface area contributed by atoms with Crippen LogP contribution in [0.1, 0.15) is 20.3 Å². The second-order valence-electron chi connectivity index (χ2n) is 7.11. The maximum Gasteiger partial charge on any atom is 0.319 e. The van der Waals surface area contributed by atoms with E-state index >= 15 is 0 Å². The van der Waals surface area contributed by atoms with Crippen molar-refractivity contribution < 1.29 is 14.3 Å². The van der Waals surface area contributed by atoms with Crippen LogP contribution in [-0.4, -0.2) is 35.3 Å². The molecule has 3 amide bonds. The third-order valence-electron chi connectivity index (χ3n) is 4.84. The van der Waals surface area contributed by atoms with Crippen LogP contribution in [0.2, 0.25) is 5.02 Å². The van der Waals surface area contributed by atoms with Crippen molar-refractivity contribution in [2.24, 2.45) is 5.92 Å². The SMILES string of the molecule is CC[C@H](C)[C@H](NC(=O)Nc1cccc(OC)c1)C(=O)Nc1nnc(-c2cccc(Cl)c2)s1. The number of rotatable bonds is 8. The van der Waals surface area contributed by atoms with E-state index in [1.165, 1.54) is 11.3 Å². The molecule has 3 rings (SSSR count). The van der Waals surface area contributed by atoms with E-state index in [9.17, 15) is 9.59 Å². The van der Waals surface area contributed by atoms with Crippen molar-refractivity contribution in [1.29, 1.82) is 0 Å². The number of anilines is 2. The number of amides is 3. The molecule has 0 saturated heterocycles. The molecule has 10 heteroatoms. The molecule has 2 atom stereocenters. The summed E-state index contributed by atoms with van der Waals surface area (Å²) < 4.78 is 5.16. The number of methoxy groups -OCH3 is 1. The Kier molecular flexibility index (Phi) is 8.02. The summed E-state index contributed by atoms with van der Waals surface area (Å²) in [6, 6.07) is 13.0. The number of aromatic nitrogens is 2. The monoisotopic (exact) mass is 473 g/mol. The van der Waals surface area contributed by atoms with Gasteiger partial charge < -0.3 is 15.4 Å². The number of hydrogen-bond acceptors (Lipinski definition) is 6. The molecule has 2 aromatic carbocycles. The van der Waals surface area contributed by atoms with Crippen LogP contribution in [0, 0.1) is 5.92 Å². The first kappa shape index (κ1) is 23.5. The van der Waals surface area contributed by atoms with Crippen LogP contribution < -0.4 is 20.7 Å². The molecule has 32 heavy (non-hydrogen) atoms. The summed E-state index contributed by atoms with van der Waals surface area (Å²) in [5.74, 6) is 0.145. The van der Waals surface area contributed by atoms with Gasteiger partial charge in [0.1, 0.15) is 16.8 Å². The third kappa shape index (κ3) is 6.18. The van der Waals surface area contributed by atoms with Gasteiger partial charge in [0, 0.05) is 22.3 Å². The smallest absolute Gasteiger partial charge is 0.319 e. The van der Waals surface area contributed by atoms with Crippen LogP contribution in [0.3, 0.4) is 0 Å². The Morgan fingerprint density at radius 1 is 1.12 bits per heavy atom. The highest BCUT2D eigenvalue weighted by Gasteiger charge is 2.27. The van der Waals surface area contributed by atoms with Crippen molar-refractivity contribution in [2.75, 3.05) is 17.7 Å². The number of ether oxygens (including phenoxy) is 1. The summed E-state index contributed by atoms with van der Waals surface area (Å²) in [6.45, 7) is 3.85. The van der Waals surface area contributed by atoms with Crippen LogP contribution in [0.25, 0.3) is 10.6 Å². The first-order valence-corrected chi connectivity index (χ1v) is 11.2. The lowest BCUT2D eigenvalue weighted by molar-refractivity contribution is -0.119. The quantitative estimate of drug-likeness (QED) is 0.425. The molecular weight excluding hydrogens is 450 g/mol. The maximum absolute atomic E-state index is 12.9. The summed E-state index contributed by atoms with van der Waals surface area (Å²) >= 11 is 7.27. The topological polar surface area (TPSA) is 105 Å². The van der Waals surface area contributed by atoms with E-state index in [-0.39, 0.29) is 11.8 Å². The second kappa shape index (κ2) is 10.9. The Balaban J connectivity index is 1.67. The number of halogens is 1. The molecule has 0 aliphatic carbocycles. The average molecular weight is 474 g/mol. The van der Waals surface area contributed by atoms with Crippen LogP contribution >= 0.6 is 22.9 Å². The van der Waals surface area contributed by atoms with Crippen molar-refractivity contribution in [3.63, 3.8) is 0 Å². The lowest BCUT2D eigenvalue weighted by Gasteiger charge is -2.23. The van der Waals surface area contributed by atoms with Crippen molar-refractivity contribution in [3.8, 4) is 16.3 Å². The summed E-state index contributed by atoms with van der Waals surface area (Å²) in [7, 11) is 1.55. The highest BCUT2D eigenvalue weighted by molar-refractivity contribution is 7.18. The van der Waals surface area contributed by atoms with Gasteiger partial charge in [-0.2, -0.15) is 0 Å². The van der Waals surface area contributed by atoms with Gasteiger partial charge in [0.25, 0.3) is 0 Å². The Morgan fingerprint density at radius 2 is 1.91 bits per heavy atom. The molecular formula is C22H24ClN5O3S. The minimum atomic E-state index is -0.760. The molecule has 0 aliphatic heterocycles. The van der Waals surface area contributed by atoms with Gasteiger partial charge in [-0.15, -0.1) is 10.2 Å². The zero-order valence-electron chi connectivity index (χ0n) is 17.9. The van der Waals surface area contributed by atoms with Crippen LogP contribution in [0.15, 0.2) is 48.5 Å². The Bertz CT molecular complexity index is 1090. The zero-order chi connectivity index (χ0) is 23.1. The van der Waals surface area contributed by atoms with E-state index in [0.717, 1.165) is 5.56 Å². The number of nitrogens with zero attached hydrogens (tertiary/aromatic N) is 2.